The summed E-state index contributed by atoms with van der Waals surface area (Å²) in [4.78, 5) is 11.6. The summed E-state index contributed by atoms with van der Waals surface area (Å²) in [7, 11) is 0. The number of hydrogen-bond donors (Lipinski definition) is 6. The van der Waals surface area contributed by atoms with E-state index in [1.165, 1.54) is 19.9 Å². The molecule has 11 heteroatoms. The van der Waals surface area contributed by atoms with Crippen molar-refractivity contribution in [1.29, 1.82) is 0 Å². The van der Waals surface area contributed by atoms with Gasteiger partial charge in [-0.15, -0.1) is 0 Å². The largest absolute Gasteiger partial charge is 0.472 e. The van der Waals surface area contributed by atoms with Crippen LogP contribution in [0.4, 0.5) is 0 Å². The van der Waals surface area contributed by atoms with E-state index in [2.05, 4.69) is 0 Å². The molecule has 0 spiro atoms. The Balaban J connectivity index is 1.87. The van der Waals surface area contributed by atoms with E-state index >= 15 is 0 Å². The van der Waals surface area contributed by atoms with Crippen LogP contribution in [0.3, 0.4) is 0 Å². The quantitative estimate of drug-likeness (QED) is 0.264. The van der Waals surface area contributed by atoms with Crippen molar-refractivity contribution in [3.63, 3.8) is 0 Å². The third-order valence-electron chi connectivity index (χ3n) is 5.60. The Labute approximate surface area is 160 Å². The number of rotatable bonds is 4. The summed E-state index contributed by atoms with van der Waals surface area (Å²) in [5.41, 5.74) is -3.22. The van der Waals surface area contributed by atoms with Gasteiger partial charge in [-0.25, -0.2) is 0 Å². The first-order valence-electron chi connectivity index (χ1n) is 8.92. The van der Waals surface area contributed by atoms with Gasteiger partial charge in [0, 0.05) is 13.3 Å². The van der Waals surface area contributed by atoms with Gasteiger partial charge in [0.05, 0.1) is 24.9 Å². The summed E-state index contributed by atoms with van der Waals surface area (Å²) < 4.78 is 21.7. The molecule has 0 aromatic heterocycles. The van der Waals surface area contributed by atoms with E-state index in [0.29, 0.717) is 0 Å². The van der Waals surface area contributed by atoms with Crippen molar-refractivity contribution in [2.45, 2.75) is 74.6 Å². The van der Waals surface area contributed by atoms with Crippen molar-refractivity contribution >= 4 is 5.97 Å². The number of aliphatic hydroxyl groups excluding tert-OH is 5. The van der Waals surface area contributed by atoms with Gasteiger partial charge in [0.15, 0.2) is 6.29 Å². The van der Waals surface area contributed by atoms with Gasteiger partial charge in [0.1, 0.15) is 35.6 Å². The molecular formula is C17H26O11. The Morgan fingerprint density at radius 1 is 1.18 bits per heavy atom. The fourth-order valence-electron chi connectivity index (χ4n) is 4.25. The van der Waals surface area contributed by atoms with Gasteiger partial charge in [-0.2, -0.15) is 0 Å². The third kappa shape index (κ3) is 3.42. The molecule has 11 nitrogen and oxygen atoms in total. The number of esters is 1. The normalized spacial score (nSPS) is 50.7. The van der Waals surface area contributed by atoms with Crippen LogP contribution >= 0.6 is 0 Å². The first kappa shape index (κ1) is 21.4. The SMILES string of the molecule is CC(=O)OC1(C)C[C@@H](O)[C@]2(O)C=CO[C@@H](O[C@@H]3O[C@H](CO)[C@@H](O)[C@@H](O)[C@H]3O)[C@H]12. The topological polar surface area (TPSA) is 175 Å². The van der Waals surface area contributed by atoms with Gasteiger partial charge in [-0.1, -0.05) is 0 Å². The molecule has 1 unspecified atom stereocenters. The Hall–Kier alpha value is -1.31. The number of hydrogen-bond acceptors (Lipinski definition) is 11. The second kappa shape index (κ2) is 7.50. The Morgan fingerprint density at radius 3 is 2.46 bits per heavy atom. The minimum atomic E-state index is -1.85. The van der Waals surface area contributed by atoms with E-state index in [9.17, 15) is 35.4 Å². The molecule has 10 atom stereocenters. The van der Waals surface area contributed by atoms with Crippen molar-refractivity contribution in [3.8, 4) is 0 Å². The zero-order valence-corrected chi connectivity index (χ0v) is 15.4. The molecule has 1 saturated heterocycles. The van der Waals surface area contributed by atoms with E-state index in [1.807, 2.05) is 0 Å². The lowest BCUT2D eigenvalue weighted by atomic mass is 9.81. The maximum Gasteiger partial charge on any atom is 0.303 e. The molecule has 0 radical (unpaired) electrons. The maximum absolute atomic E-state index is 11.6. The van der Waals surface area contributed by atoms with E-state index in [0.717, 1.165) is 6.26 Å². The third-order valence-corrected chi connectivity index (χ3v) is 5.60. The van der Waals surface area contributed by atoms with Crippen molar-refractivity contribution in [1.82, 2.24) is 0 Å². The molecule has 3 rings (SSSR count). The fourth-order valence-corrected chi connectivity index (χ4v) is 4.25. The standard InChI is InChI=1S/C17H26O11/c1-7(19)28-16(2)5-9(20)17(24)3-4-25-15(13(16)17)27-14-12(23)11(22)10(21)8(6-18)26-14/h3-4,8-15,18,20-24H,5-6H2,1-2H3/t8-,9-,10-,11-,12-,13-,14+,15+,16?,17-/m1/s1. The lowest BCUT2D eigenvalue weighted by molar-refractivity contribution is -0.351. The molecule has 0 aromatic carbocycles. The van der Waals surface area contributed by atoms with Crippen molar-refractivity contribution in [2.75, 3.05) is 6.61 Å². The van der Waals surface area contributed by atoms with Crippen molar-refractivity contribution in [2.24, 2.45) is 5.92 Å². The fraction of sp³-hybridized carbons (Fsp3) is 0.824. The summed E-state index contributed by atoms with van der Waals surface area (Å²) in [6.07, 6.45) is -8.06. The van der Waals surface area contributed by atoms with Gasteiger partial charge in [-0.3, -0.25) is 4.79 Å². The van der Waals surface area contributed by atoms with Crippen LogP contribution in [0.25, 0.3) is 0 Å². The zero-order valence-electron chi connectivity index (χ0n) is 15.4. The first-order valence-corrected chi connectivity index (χ1v) is 8.92. The van der Waals surface area contributed by atoms with Crippen LogP contribution in [0.15, 0.2) is 12.3 Å². The van der Waals surface area contributed by atoms with Crippen LogP contribution in [0.2, 0.25) is 0 Å². The molecule has 3 aliphatic rings. The Kier molecular flexibility index (Phi) is 5.73. The van der Waals surface area contributed by atoms with Crippen LogP contribution in [-0.2, 0) is 23.7 Å². The molecule has 28 heavy (non-hydrogen) atoms. The first-order chi connectivity index (χ1) is 13.0. The predicted molar refractivity (Wildman–Crippen MR) is 88.1 cm³/mol. The van der Waals surface area contributed by atoms with Crippen LogP contribution < -0.4 is 0 Å². The number of fused-ring (bicyclic) bond motifs is 1. The highest BCUT2D eigenvalue weighted by atomic mass is 16.8. The molecule has 0 bridgehead atoms. The number of ether oxygens (including phenoxy) is 4. The molecule has 1 saturated carbocycles. The van der Waals surface area contributed by atoms with Crippen LogP contribution in [-0.4, -0.2) is 97.5 Å². The van der Waals surface area contributed by atoms with Crippen LogP contribution in [0.5, 0.6) is 0 Å². The molecule has 2 heterocycles. The summed E-state index contributed by atoms with van der Waals surface area (Å²) in [5.74, 6) is -1.74. The average molecular weight is 406 g/mol. The number of aliphatic hydroxyl groups is 6. The average Bonchev–Trinajstić information content (AvgIpc) is 2.81. The lowest BCUT2D eigenvalue weighted by Crippen LogP contribution is -2.62. The maximum atomic E-state index is 11.6. The lowest BCUT2D eigenvalue weighted by Gasteiger charge is -2.45. The molecule has 2 fully saturated rings. The summed E-state index contributed by atoms with van der Waals surface area (Å²) >= 11 is 0. The smallest absolute Gasteiger partial charge is 0.303 e. The highest BCUT2D eigenvalue weighted by molar-refractivity contribution is 5.66. The minimum absolute atomic E-state index is 0.101. The summed E-state index contributed by atoms with van der Waals surface area (Å²) in [6.45, 7) is 2.04. The molecular weight excluding hydrogens is 380 g/mol. The van der Waals surface area contributed by atoms with E-state index < -0.39 is 72.8 Å². The molecule has 160 valence electrons. The van der Waals surface area contributed by atoms with Crippen molar-refractivity contribution < 1.29 is 54.4 Å². The highest BCUT2D eigenvalue weighted by Gasteiger charge is 2.66. The van der Waals surface area contributed by atoms with Gasteiger partial charge < -0.3 is 49.6 Å². The summed E-state index contributed by atoms with van der Waals surface area (Å²) in [5, 5.41) is 60.6. The highest BCUT2D eigenvalue weighted by Crippen LogP contribution is 2.51. The minimum Gasteiger partial charge on any atom is -0.472 e. The zero-order chi connectivity index (χ0) is 20.9. The number of carbonyl (C=O) groups excluding carboxylic acids is 1. The predicted octanol–water partition coefficient (Wildman–Crippen LogP) is -2.89. The van der Waals surface area contributed by atoms with Gasteiger partial charge in [0.2, 0.25) is 6.29 Å². The summed E-state index contributed by atoms with van der Waals surface area (Å²) in [6, 6.07) is 0. The van der Waals surface area contributed by atoms with Gasteiger partial charge in [-0.05, 0) is 13.0 Å². The molecule has 1 aliphatic carbocycles. The monoisotopic (exact) mass is 406 g/mol. The second-order valence-corrected chi connectivity index (χ2v) is 7.63. The van der Waals surface area contributed by atoms with E-state index in [1.54, 1.807) is 0 Å². The van der Waals surface area contributed by atoms with Gasteiger partial charge in [0.25, 0.3) is 0 Å². The Morgan fingerprint density at radius 2 is 1.86 bits per heavy atom. The second-order valence-electron chi connectivity index (χ2n) is 7.63. The van der Waals surface area contributed by atoms with Gasteiger partial charge >= 0.3 is 5.97 Å². The molecule has 2 aliphatic heterocycles. The van der Waals surface area contributed by atoms with E-state index in [-0.39, 0.29) is 6.42 Å². The Bertz CT molecular complexity index is 624. The molecule has 0 aromatic rings. The number of carbonyl (C=O) groups is 1. The van der Waals surface area contributed by atoms with Crippen molar-refractivity contribution in [3.05, 3.63) is 12.3 Å². The molecule has 6 N–H and O–H groups in total. The van der Waals surface area contributed by atoms with Crippen LogP contribution in [0.1, 0.15) is 20.3 Å². The molecule has 0 amide bonds. The van der Waals surface area contributed by atoms with Crippen LogP contribution in [0, 0.1) is 5.92 Å². The van der Waals surface area contributed by atoms with E-state index in [4.69, 9.17) is 18.9 Å².